The van der Waals surface area contributed by atoms with Gasteiger partial charge in [0.2, 0.25) is 5.91 Å². The second kappa shape index (κ2) is 11.8. The van der Waals surface area contributed by atoms with Gasteiger partial charge in [0.1, 0.15) is 6.33 Å². The first-order chi connectivity index (χ1) is 18.9. The van der Waals surface area contributed by atoms with E-state index in [1.807, 2.05) is 30.3 Å². The number of hydroxylamine groups is 1. The van der Waals surface area contributed by atoms with Crippen molar-refractivity contribution in [1.29, 1.82) is 0 Å². The van der Waals surface area contributed by atoms with E-state index in [1.165, 1.54) is 42.0 Å². The average Bonchev–Trinajstić information content (AvgIpc) is 3.38. The smallest absolute Gasteiger partial charge is 0.295 e. The summed E-state index contributed by atoms with van der Waals surface area (Å²) in [4.78, 5) is 44.4. The van der Waals surface area contributed by atoms with Gasteiger partial charge in [-0.25, -0.2) is 19.9 Å². The largest absolute Gasteiger partial charge is 0.378 e. The Balaban J connectivity index is 1.43. The summed E-state index contributed by atoms with van der Waals surface area (Å²) in [7, 11) is 1.62. The van der Waals surface area contributed by atoms with Gasteiger partial charge < -0.3 is 15.0 Å². The van der Waals surface area contributed by atoms with Gasteiger partial charge in [0.15, 0.2) is 11.6 Å². The van der Waals surface area contributed by atoms with Gasteiger partial charge in [-0.1, -0.05) is 24.3 Å². The number of hydrogen-bond acceptors (Lipinski definition) is 11. The summed E-state index contributed by atoms with van der Waals surface area (Å²) in [6, 6.07) is 9.76. The zero-order valence-corrected chi connectivity index (χ0v) is 22.4. The van der Waals surface area contributed by atoms with Gasteiger partial charge >= 0.3 is 0 Å². The van der Waals surface area contributed by atoms with E-state index in [4.69, 9.17) is 14.7 Å². The Morgan fingerprint density at radius 1 is 1.13 bits per heavy atom. The fourth-order valence-corrected chi connectivity index (χ4v) is 5.29. The quantitative estimate of drug-likeness (QED) is 0.250. The van der Waals surface area contributed by atoms with Crippen LogP contribution in [0.2, 0.25) is 0 Å². The van der Waals surface area contributed by atoms with Crippen molar-refractivity contribution in [3.8, 4) is 11.4 Å². The molecule has 1 saturated heterocycles. The number of ether oxygens (including phenoxy) is 1. The van der Waals surface area contributed by atoms with Crippen LogP contribution in [0.4, 0.5) is 5.82 Å². The summed E-state index contributed by atoms with van der Waals surface area (Å²) in [6.45, 7) is 4.88. The molecule has 0 saturated carbocycles. The van der Waals surface area contributed by atoms with E-state index in [0.29, 0.717) is 43.8 Å². The molecule has 1 aliphatic heterocycles. The highest BCUT2D eigenvalue weighted by Gasteiger charge is 2.23. The van der Waals surface area contributed by atoms with Crippen LogP contribution in [0, 0.1) is 0 Å². The lowest BCUT2D eigenvalue weighted by atomic mass is 10.1. The molecule has 39 heavy (non-hydrogen) atoms. The van der Waals surface area contributed by atoms with Crippen LogP contribution in [0.25, 0.3) is 21.6 Å². The number of aromatic nitrogens is 4. The van der Waals surface area contributed by atoms with Gasteiger partial charge in [0, 0.05) is 56.4 Å². The molecule has 1 fully saturated rings. The maximum absolute atomic E-state index is 12.6. The Labute approximate surface area is 228 Å². The zero-order valence-electron chi connectivity index (χ0n) is 21.6. The van der Waals surface area contributed by atoms with Crippen molar-refractivity contribution in [2.45, 2.75) is 20.0 Å². The lowest BCUT2D eigenvalue weighted by Gasteiger charge is -2.28. The van der Waals surface area contributed by atoms with Gasteiger partial charge in [0.05, 0.1) is 35.5 Å². The number of carbonyl (C=O) groups is 2. The molecule has 2 amide bonds. The molecule has 0 aliphatic carbocycles. The van der Waals surface area contributed by atoms with Crippen LogP contribution in [-0.2, 0) is 22.6 Å². The standard InChI is InChI=1S/C26H28N8O4S/c1-17(35)29-12-18-3-5-19(6-4-18)24-30-22-11-21(39-23(22)25(31-24)33-7-9-38-10-8-33)15-32(2)34(37)26(36)20-13-27-16-28-14-20/h3-6,11,13-14,16,37H,7-10,12,15H2,1-2H3,(H,29,35). The second-order valence-corrected chi connectivity index (χ2v) is 10.2. The number of benzene rings is 1. The summed E-state index contributed by atoms with van der Waals surface area (Å²) >= 11 is 1.52. The molecule has 0 radical (unpaired) electrons. The summed E-state index contributed by atoms with van der Waals surface area (Å²) in [5.74, 6) is 0.718. The average molecular weight is 549 g/mol. The van der Waals surface area contributed by atoms with Gasteiger partial charge in [-0.3, -0.25) is 14.8 Å². The van der Waals surface area contributed by atoms with Crippen LogP contribution < -0.4 is 10.2 Å². The van der Waals surface area contributed by atoms with Crippen molar-refractivity contribution in [3.63, 3.8) is 0 Å². The first kappa shape index (κ1) is 26.6. The highest BCUT2D eigenvalue weighted by atomic mass is 32.1. The monoisotopic (exact) mass is 548 g/mol. The van der Waals surface area contributed by atoms with E-state index in [1.54, 1.807) is 7.05 Å². The molecule has 3 aromatic heterocycles. The number of hydrazine groups is 1. The normalized spacial score (nSPS) is 13.6. The molecular formula is C26H28N8O4S. The van der Waals surface area contributed by atoms with Crippen LogP contribution in [0.15, 0.2) is 49.1 Å². The third-order valence-corrected chi connectivity index (χ3v) is 7.27. The first-order valence-electron chi connectivity index (χ1n) is 12.4. The number of morpholine rings is 1. The maximum atomic E-state index is 12.6. The van der Waals surface area contributed by atoms with Crippen molar-refractivity contribution in [2.75, 3.05) is 38.3 Å². The first-order valence-corrected chi connectivity index (χ1v) is 13.2. The third kappa shape index (κ3) is 6.17. The molecule has 0 spiro atoms. The Morgan fingerprint density at radius 2 is 1.85 bits per heavy atom. The van der Waals surface area contributed by atoms with Crippen LogP contribution in [0.3, 0.4) is 0 Å². The van der Waals surface area contributed by atoms with Gasteiger partial charge in [-0.05, 0) is 11.6 Å². The topological polar surface area (TPSA) is 137 Å². The molecule has 12 nitrogen and oxygen atoms in total. The van der Waals surface area contributed by atoms with Crippen molar-refractivity contribution < 1.29 is 19.5 Å². The van der Waals surface area contributed by atoms with E-state index < -0.39 is 5.91 Å². The molecule has 5 rings (SSSR count). The van der Waals surface area contributed by atoms with E-state index in [0.717, 1.165) is 32.0 Å². The van der Waals surface area contributed by atoms with Crippen LogP contribution in [-0.4, -0.2) is 80.5 Å². The highest BCUT2D eigenvalue weighted by Crippen LogP contribution is 2.35. The number of hydrogen-bond donors (Lipinski definition) is 2. The lowest BCUT2D eigenvalue weighted by Crippen LogP contribution is -2.41. The Kier molecular flexibility index (Phi) is 8.02. The summed E-state index contributed by atoms with van der Waals surface area (Å²) in [5, 5.41) is 15.3. The minimum Gasteiger partial charge on any atom is -0.378 e. The number of anilines is 1. The fourth-order valence-electron chi connectivity index (χ4n) is 4.13. The lowest BCUT2D eigenvalue weighted by molar-refractivity contribution is -0.195. The van der Waals surface area contributed by atoms with E-state index >= 15 is 0 Å². The van der Waals surface area contributed by atoms with E-state index in [2.05, 4.69) is 20.2 Å². The molecule has 1 aromatic carbocycles. The second-order valence-electron chi connectivity index (χ2n) is 9.04. The minimum absolute atomic E-state index is 0.0790. The van der Waals surface area contributed by atoms with E-state index in [-0.39, 0.29) is 18.0 Å². The predicted octanol–water partition coefficient (Wildman–Crippen LogP) is 2.50. The van der Waals surface area contributed by atoms with Gasteiger partial charge in [-0.2, -0.15) is 5.01 Å². The minimum atomic E-state index is -0.628. The van der Waals surface area contributed by atoms with Crippen molar-refractivity contribution in [2.24, 2.45) is 0 Å². The molecule has 0 unspecified atom stereocenters. The Hall–Kier alpha value is -4.04. The number of amides is 2. The molecule has 0 atom stereocenters. The molecule has 1 aliphatic rings. The molecule has 2 N–H and O–H groups in total. The van der Waals surface area contributed by atoms with Crippen LogP contribution >= 0.6 is 11.3 Å². The number of nitrogens with one attached hydrogen (secondary N) is 1. The molecule has 202 valence electrons. The fraction of sp³-hybridized carbons (Fsp3) is 0.308. The number of nitrogens with zero attached hydrogens (tertiary/aromatic N) is 7. The third-order valence-electron chi connectivity index (χ3n) is 6.17. The molecule has 4 aromatic rings. The highest BCUT2D eigenvalue weighted by molar-refractivity contribution is 7.19. The van der Waals surface area contributed by atoms with Gasteiger partial charge in [0.25, 0.3) is 5.91 Å². The number of carbonyl (C=O) groups excluding carboxylic acids is 2. The number of rotatable bonds is 8. The van der Waals surface area contributed by atoms with E-state index in [9.17, 15) is 14.8 Å². The van der Waals surface area contributed by atoms with Crippen LogP contribution in [0.1, 0.15) is 27.7 Å². The molecular weight excluding hydrogens is 520 g/mol. The summed E-state index contributed by atoms with van der Waals surface area (Å²) in [6.07, 6.45) is 4.02. The van der Waals surface area contributed by atoms with Crippen molar-refractivity contribution in [3.05, 3.63) is 65.1 Å². The van der Waals surface area contributed by atoms with Crippen molar-refractivity contribution >= 4 is 39.2 Å². The number of thiophene rings is 1. The Morgan fingerprint density at radius 3 is 2.54 bits per heavy atom. The zero-order chi connectivity index (χ0) is 27.4. The maximum Gasteiger partial charge on any atom is 0.295 e. The van der Waals surface area contributed by atoms with Crippen molar-refractivity contribution in [1.82, 2.24) is 35.4 Å². The molecule has 0 bridgehead atoms. The SMILES string of the molecule is CC(=O)NCc1ccc(-c2nc(N3CCOCC3)c3sc(CN(C)N(O)C(=O)c4cncnc4)cc3n2)cc1. The Bertz CT molecular complexity index is 1460. The predicted molar refractivity (Wildman–Crippen MR) is 145 cm³/mol. The summed E-state index contributed by atoms with van der Waals surface area (Å²) in [5.41, 5.74) is 2.80. The molecule has 4 heterocycles. The van der Waals surface area contributed by atoms with Gasteiger partial charge in [-0.15, -0.1) is 16.5 Å². The van der Waals surface area contributed by atoms with Crippen LogP contribution in [0.5, 0.6) is 0 Å². The summed E-state index contributed by atoms with van der Waals surface area (Å²) < 4.78 is 6.48. The molecule has 13 heteroatoms. The number of fused-ring (bicyclic) bond motifs is 1.